The lowest BCUT2D eigenvalue weighted by molar-refractivity contribution is -0.127. The number of aromatic nitrogens is 2. The van der Waals surface area contributed by atoms with Gasteiger partial charge in [-0.05, 0) is 12.0 Å². The van der Waals surface area contributed by atoms with Gasteiger partial charge in [0, 0.05) is 51.4 Å². The number of anilines is 1. The number of carbonyl (C=O) groups excluding carboxylic acids is 1. The van der Waals surface area contributed by atoms with Gasteiger partial charge in [-0.3, -0.25) is 9.59 Å². The highest BCUT2D eigenvalue weighted by atomic mass is 16.2. The number of aryl methyl sites for hydroxylation is 1. The lowest BCUT2D eigenvalue weighted by Crippen LogP contribution is -2.29. The van der Waals surface area contributed by atoms with Gasteiger partial charge in [0.25, 0.3) is 5.56 Å². The van der Waals surface area contributed by atoms with Crippen LogP contribution in [0.3, 0.4) is 0 Å². The predicted molar refractivity (Wildman–Crippen MR) is 92.8 cm³/mol. The Kier molecular flexibility index (Phi) is 4.93. The van der Waals surface area contributed by atoms with Crippen LogP contribution in [0.1, 0.15) is 12.0 Å². The van der Waals surface area contributed by atoms with Gasteiger partial charge < -0.3 is 14.8 Å². The van der Waals surface area contributed by atoms with Crippen LogP contribution in [0.2, 0.25) is 0 Å². The van der Waals surface area contributed by atoms with E-state index in [1.807, 2.05) is 23.1 Å². The van der Waals surface area contributed by atoms with Gasteiger partial charge in [0.15, 0.2) is 5.82 Å². The largest absolute Gasteiger partial charge is 0.365 e. The van der Waals surface area contributed by atoms with Gasteiger partial charge in [0.05, 0.1) is 0 Å². The molecule has 6 nitrogen and oxygen atoms in total. The number of amides is 1. The average Bonchev–Trinajstić information content (AvgIpc) is 2.95. The number of nitrogens with zero attached hydrogens (tertiary/aromatic N) is 3. The van der Waals surface area contributed by atoms with Gasteiger partial charge in [-0.1, -0.05) is 30.3 Å². The second-order valence-corrected chi connectivity index (χ2v) is 6.22. The Morgan fingerprint density at radius 2 is 2.04 bits per heavy atom. The van der Waals surface area contributed by atoms with Crippen molar-refractivity contribution >= 4 is 11.7 Å². The Labute approximate surface area is 141 Å². The van der Waals surface area contributed by atoms with E-state index in [4.69, 9.17) is 0 Å². The molecule has 0 bridgehead atoms. The van der Waals surface area contributed by atoms with E-state index in [0.29, 0.717) is 18.8 Å². The van der Waals surface area contributed by atoms with Crippen molar-refractivity contribution in [2.24, 2.45) is 13.0 Å². The Morgan fingerprint density at radius 1 is 1.25 bits per heavy atom. The molecule has 1 aromatic heterocycles. The molecule has 1 amide bonds. The van der Waals surface area contributed by atoms with E-state index in [0.717, 1.165) is 19.5 Å². The summed E-state index contributed by atoms with van der Waals surface area (Å²) >= 11 is 0. The minimum atomic E-state index is -0.150. The molecule has 2 aromatic rings. The summed E-state index contributed by atoms with van der Waals surface area (Å²) in [5.74, 6) is 0.738. The van der Waals surface area contributed by atoms with Crippen molar-refractivity contribution in [2.75, 3.05) is 25.0 Å². The van der Waals surface area contributed by atoms with E-state index in [-0.39, 0.29) is 17.4 Å². The zero-order valence-electron chi connectivity index (χ0n) is 13.8. The van der Waals surface area contributed by atoms with Crippen molar-refractivity contribution < 1.29 is 4.79 Å². The van der Waals surface area contributed by atoms with Crippen LogP contribution in [0, 0.1) is 5.92 Å². The predicted octanol–water partition coefficient (Wildman–Crippen LogP) is 1.28. The Hall–Kier alpha value is -2.63. The van der Waals surface area contributed by atoms with Crippen LogP contribution in [0.5, 0.6) is 0 Å². The van der Waals surface area contributed by atoms with Gasteiger partial charge >= 0.3 is 0 Å². The molecule has 24 heavy (non-hydrogen) atoms. The topological polar surface area (TPSA) is 67.2 Å². The summed E-state index contributed by atoms with van der Waals surface area (Å²) in [5.41, 5.74) is 1.09. The van der Waals surface area contributed by atoms with E-state index in [1.165, 1.54) is 10.1 Å². The number of hydrogen-bond donors (Lipinski definition) is 1. The fourth-order valence-corrected chi connectivity index (χ4v) is 2.98. The maximum Gasteiger partial charge on any atom is 0.293 e. The number of hydrogen-bond acceptors (Lipinski definition) is 4. The van der Waals surface area contributed by atoms with Gasteiger partial charge in [0.2, 0.25) is 5.91 Å². The summed E-state index contributed by atoms with van der Waals surface area (Å²) in [6.45, 7) is 2.05. The number of rotatable bonds is 6. The lowest BCUT2D eigenvalue weighted by atomic mass is 10.1. The van der Waals surface area contributed by atoms with E-state index in [9.17, 15) is 9.59 Å². The molecule has 1 aliphatic rings. The smallest absolute Gasteiger partial charge is 0.293 e. The van der Waals surface area contributed by atoms with Gasteiger partial charge in [-0.25, -0.2) is 4.98 Å². The zero-order valence-corrected chi connectivity index (χ0v) is 13.8. The molecule has 1 fully saturated rings. The van der Waals surface area contributed by atoms with E-state index in [2.05, 4.69) is 22.4 Å². The Balaban J connectivity index is 1.51. The van der Waals surface area contributed by atoms with Crippen molar-refractivity contribution in [2.45, 2.75) is 12.8 Å². The molecule has 1 N–H and O–H groups in total. The minimum absolute atomic E-state index is 0.150. The van der Waals surface area contributed by atoms with Crippen LogP contribution in [0.25, 0.3) is 0 Å². The van der Waals surface area contributed by atoms with Crippen molar-refractivity contribution in [3.63, 3.8) is 0 Å². The summed E-state index contributed by atoms with van der Waals surface area (Å²) in [7, 11) is 1.69. The second kappa shape index (κ2) is 7.29. The molecule has 126 valence electrons. The standard InChI is InChI=1S/C18H22N4O2/c1-21-10-8-19-17(18(21)24)20-12-15-11-16(23)22(13-15)9-7-14-5-3-2-4-6-14/h2-6,8,10,15H,7,9,11-13H2,1H3,(H,19,20). The van der Waals surface area contributed by atoms with Crippen LogP contribution in [0.15, 0.2) is 47.5 Å². The third-order valence-electron chi connectivity index (χ3n) is 4.38. The molecule has 1 atom stereocenters. The van der Waals surface area contributed by atoms with Crippen LogP contribution in [0.4, 0.5) is 5.82 Å². The number of likely N-dealkylation sites (tertiary alicyclic amines) is 1. The maximum absolute atomic E-state index is 12.2. The maximum atomic E-state index is 12.2. The molecule has 1 aromatic carbocycles. The Morgan fingerprint density at radius 3 is 2.83 bits per heavy atom. The third-order valence-corrected chi connectivity index (χ3v) is 4.38. The van der Waals surface area contributed by atoms with Crippen molar-refractivity contribution in [3.8, 4) is 0 Å². The molecule has 3 rings (SSSR count). The van der Waals surface area contributed by atoms with Gasteiger partial charge in [0.1, 0.15) is 0 Å². The second-order valence-electron chi connectivity index (χ2n) is 6.22. The Bertz CT molecular complexity index is 757. The number of carbonyl (C=O) groups is 1. The molecule has 2 heterocycles. The highest BCUT2D eigenvalue weighted by molar-refractivity contribution is 5.78. The molecule has 1 aliphatic heterocycles. The monoisotopic (exact) mass is 326 g/mol. The minimum Gasteiger partial charge on any atom is -0.365 e. The molecule has 0 spiro atoms. The molecular weight excluding hydrogens is 304 g/mol. The molecule has 1 saturated heterocycles. The number of benzene rings is 1. The molecule has 1 unspecified atom stereocenters. The first-order valence-corrected chi connectivity index (χ1v) is 8.20. The molecule has 6 heteroatoms. The van der Waals surface area contributed by atoms with E-state index in [1.54, 1.807) is 19.4 Å². The third kappa shape index (κ3) is 3.82. The first-order valence-electron chi connectivity index (χ1n) is 8.20. The summed E-state index contributed by atoms with van der Waals surface area (Å²) in [5, 5.41) is 3.09. The van der Waals surface area contributed by atoms with Crippen molar-refractivity contribution in [3.05, 3.63) is 58.6 Å². The molecular formula is C18H22N4O2. The number of nitrogens with one attached hydrogen (secondary N) is 1. The van der Waals surface area contributed by atoms with E-state index < -0.39 is 0 Å². The highest BCUT2D eigenvalue weighted by Crippen LogP contribution is 2.18. The average molecular weight is 326 g/mol. The molecule has 0 aliphatic carbocycles. The zero-order chi connectivity index (χ0) is 16.9. The summed E-state index contributed by atoms with van der Waals surface area (Å²) in [6, 6.07) is 10.2. The summed E-state index contributed by atoms with van der Waals surface area (Å²) in [6.07, 6.45) is 4.61. The molecule has 0 radical (unpaired) electrons. The van der Waals surface area contributed by atoms with Crippen molar-refractivity contribution in [1.29, 1.82) is 0 Å². The SMILES string of the molecule is Cn1ccnc(NCC2CC(=O)N(CCc3ccccc3)C2)c1=O. The van der Waals surface area contributed by atoms with Gasteiger partial charge in [-0.15, -0.1) is 0 Å². The molecule has 0 saturated carbocycles. The lowest BCUT2D eigenvalue weighted by Gasteiger charge is -2.17. The van der Waals surface area contributed by atoms with Crippen LogP contribution in [-0.2, 0) is 18.3 Å². The van der Waals surface area contributed by atoms with E-state index >= 15 is 0 Å². The summed E-state index contributed by atoms with van der Waals surface area (Å²) in [4.78, 5) is 30.1. The first-order chi connectivity index (χ1) is 11.6. The van der Waals surface area contributed by atoms with Crippen LogP contribution in [-0.4, -0.2) is 40.0 Å². The van der Waals surface area contributed by atoms with Crippen molar-refractivity contribution in [1.82, 2.24) is 14.5 Å². The summed E-state index contributed by atoms with van der Waals surface area (Å²) < 4.78 is 1.49. The van der Waals surface area contributed by atoms with Crippen LogP contribution < -0.4 is 10.9 Å². The van der Waals surface area contributed by atoms with Gasteiger partial charge in [-0.2, -0.15) is 0 Å². The first kappa shape index (κ1) is 16.2. The normalized spacial score (nSPS) is 17.3. The fourth-order valence-electron chi connectivity index (χ4n) is 2.98. The highest BCUT2D eigenvalue weighted by Gasteiger charge is 2.29. The quantitative estimate of drug-likeness (QED) is 0.868. The fraction of sp³-hybridized carbons (Fsp3) is 0.389. The van der Waals surface area contributed by atoms with Crippen LogP contribution >= 0.6 is 0 Å².